The SMILES string of the molecule is NNc1c(Br)cncc1S(=O)(=O)N1CCCCC1. The summed E-state index contributed by atoms with van der Waals surface area (Å²) in [6.07, 6.45) is 5.69. The highest BCUT2D eigenvalue weighted by Gasteiger charge is 2.29. The van der Waals surface area contributed by atoms with Gasteiger partial charge in [-0.3, -0.25) is 10.8 Å². The predicted molar refractivity (Wildman–Crippen MR) is 72.4 cm³/mol. The van der Waals surface area contributed by atoms with Crippen molar-refractivity contribution in [3.05, 3.63) is 16.9 Å². The lowest BCUT2D eigenvalue weighted by molar-refractivity contribution is 0.346. The van der Waals surface area contributed by atoms with Crippen LogP contribution in [0.15, 0.2) is 21.8 Å². The number of piperidine rings is 1. The van der Waals surface area contributed by atoms with E-state index >= 15 is 0 Å². The number of hydrogen-bond donors (Lipinski definition) is 2. The summed E-state index contributed by atoms with van der Waals surface area (Å²) in [5, 5.41) is 0. The first kappa shape index (κ1) is 13.7. The fraction of sp³-hybridized carbons (Fsp3) is 0.500. The molecular weight excluding hydrogens is 320 g/mol. The normalized spacial score (nSPS) is 17.7. The highest BCUT2D eigenvalue weighted by Crippen LogP contribution is 2.30. The smallest absolute Gasteiger partial charge is 0.246 e. The van der Waals surface area contributed by atoms with Gasteiger partial charge in [0.25, 0.3) is 0 Å². The lowest BCUT2D eigenvalue weighted by atomic mass is 10.2. The molecule has 0 radical (unpaired) electrons. The molecule has 1 fully saturated rings. The Labute approximate surface area is 115 Å². The zero-order valence-corrected chi connectivity index (χ0v) is 12.2. The molecule has 0 atom stereocenters. The van der Waals surface area contributed by atoms with Gasteiger partial charge in [-0.25, -0.2) is 8.42 Å². The molecule has 1 aliphatic rings. The summed E-state index contributed by atoms with van der Waals surface area (Å²) in [5.74, 6) is 5.39. The molecule has 0 aliphatic carbocycles. The van der Waals surface area contributed by atoms with Crippen LogP contribution < -0.4 is 11.3 Å². The number of nitrogens with two attached hydrogens (primary N) is 1. The second-order valence-corrected chi connectivity index (χ2v) is 6.86. The van der Waals surface area contributed by atoms with Crippen LogP contribution in [0.3, 0.4) is 0 Å². The lowest BCUT2D eigenvalue weighted by Crippen LogP contribution is -2.36. The zero-order chi connectivity index (χ0) is 13.2. The van der Waals surface area contributed by atoms with E-state index in [0.29, 0.717) is 23.2 Å². The van der Waals surface area contributed by atoms with Crippen LogP contribution in [0.2, 0.25) is 0 Å². The van der Waals surface area contributed by atoms with Gasteiger partial charge < -0.3 is 5.43 Å². The van der Waals surface area contributed by atoms with Gasteiger partial charge in [0.15, 0.2) is 0 Å². The van der Waals surface area contributed by atoms with E-state index in [9.17, 15) is 8.42 Å². The summed E-state index contributed by atoms with van der Waals surface area (Å²) in [4.78, 5) is 4.02. The number of nitrogens with one attached hydrogen (secondary N) is 1. The molecule has 1 aromatic heterocycles. The molecule has 1 saturated heterocycles. The number of sulfonamides is 1. The Kier molecular flexibility index (Phi) is 4.21. The van der Waals surface area contributed by atoms with Crippen molar-refractivity contribution in [3.63, 3.8) is 0 Å². The Morgan fingerprint density at radius 2 is 1.94 bits per heavy atom. The molecule has 100 valence electrons. The molecule has 18 heavy (non-hydrogen) atoms. The summed E-state index contributed by atoms with van der Waals surface area (Å²) in [5.41, 5.74) is 2.76. The third-order valence-electron chi connectivity index (χ3n) is 2.94. The third kappa shape index (κ3) is 2.51. The van der Waals surface area contributed by atoms with Gasteiger partial charge in [0.1, 0.15) is 4.90 Å². The van der Waals surface area contributed by atoms with Crippen molar-refractivity contribution in [1.29, 1.82) is 0 Å². The summed E-state index contributed by atoms with van der Waals surface area (Å²) < 4.78 is 27.0. The van der Waals surface area contributed by atoms with E-state index < -0.39 is 10.0 Å². The molecule has 0 spiro atoms. The van der Waals surface area contributed by atoms with Crippen LogP contribution in [-0.2, 0) is 10.0 Å². The second kappa shape index (κ2) is 5.52. The van der Waals surface area contributed by atoms with Crippen molar-refractivity contribution >= 4 is 31.6 Å². The number of nitrogens with zero attached hydrogens (tertiary/aromatic N) is 2. The fourth-order valence-electron chi connectivity index (χ4n) is 2.00. The summed E-state index contributed by atoms with van der Waals surface area (Å²) >= 11 is 3.24. The number of pyridine rings is 1. The Morgan fingerprint density at radius 3 is 2.56 bits per heavy atom. The lowest BCUT2D eigenvalue weighted by Gasteiger charge is -2.26. The molecule has 1 aliphatic heterocycles. The van der Waals surface area contributed by atoms with Crippen LogP contribution in [-0.4, -0.2) is 30.8 Å². The second-order valence-electron chi connectivity index (χ2n) is 4.10. The topological polar surface area (TPSA) is 88.3 Å². The Hall–Kier alpha value is -0.700. The fourth-order valence-corrected chi connectivity index (χ4v) is 4.21. The third-order valence-corrected chi connectivity index (χ3v) is 5.45. The minimum Gasteiger partial charge on any atom is -0.322 e. The van der Waals surface area contributed by atoms with Gasteiger partial charge >= 0.3 is 0 Å². The van der Waals surface area contributed by atoms with Gasteiger partial charge in [0, 0.05) is 25.5 Å². The van der Waals surface area contributed by atoms with Gasteiger partial charge in [-0.2, -0.15) is 4.31 Å². The molecule has 2 rings (SSSR count). The minimum absolute atomic E-state index is 0.112. The molecule has 0 amide bonds. The van der Waals surface area contributed by atoms with Crippen molar-refractivity contribution in [2.45, 2.75) is 24.2 Å². The van der Waals surface area contributed by atoms with Gasteiger partial charge in [-0.15, -0.1) is 0 Å². The Bertz CT molecular complexity index is 529. The highest BCUT2D eigenvalue weighted by molar-refractivity contribution is 9.10. The molecule has 0 aromatic carbocycles. The number of nitrogen functional groups attached to an aromatic ring is 1. The largest absolute Gasteiger partial charge is 0.322 e. The first-order valence-electron chi connectivity index (χ1n) is 5.67. The standard InChI is InChI=1S/C10H15BrN4O2S/c11-8-6-13-7-9(10(8)14-12)18(16,17)15-4-2-1-3-5-15/h6-7H,1-5,12H2,(H,13,14). The minimum atomic E-state index is -3.53. The predicted octanol–water partition coefficient (Wildman–Crippen LogP) is 1.30. The molecule has 0 bridgehead atoms. The maximum atomic E-state index is 12.5. The molecule has 8 heteroatoms. The van der Waals surface area contributed by atoms with E-state index in [0.717, 1.165) is 19.3 Å². The van der Waals surface area contributed by atoms with Gasteiger partial charge in [0.2, 0.25) is 10.0 Å². The number of halogens is 1. The van der Waals surface area contributed by atoms with Crippen molar-refractivity contribution in [3.8, 4) is 0 Å². The van der Waals surface area contributed by atoms with Crippen LogP contribution in [0, 0.1) is 0 Å². The van der Waals surface area contributed by atoms with Crippen LogP contribution in [0.25, 0.3) is 0 Å². The van der Waals surface area contributed by atoms with E-state index in [2.05, 4.69) is 26.3 Å². The van der Waals surface area contributed by atoms with E-state index in [4.69, 9.17) is 5.84 Å². The monoisotopic (exact) mass is 334 g/mol. The van der Waals surface area contributed by atoms with Crippen molar-refractivity contribution in [2.75, 3.05) is 18.5 Å². The number of hydrazine groups is 1. The van der Waals surface area contributed by atoms with E-state index in [1.165, 1.54) is 16.7 Å². The van der Waals surface area contributed by atoms with Gasteiger partial charge in [-0.05, 0) is 28.8 Å². The Morgan fingerprint density at radius 1 is 1.28 bits per heavy atom. The maximum absolute atomic E-state index is 12.5. The Balaban J connectivity index is 2.43. The van der Waals surface area contributed by atoms with Crippen LogP contribution in [0.5, 0.6) is 0 Å². The van der Waals surface area contributed by atoms with E-state index in [1.54, 1.807) is 0 Å². The van der Waals surface area contributed by atoms with Gasteiger partial charge in [-0.1, -0.05) is 6.42 Å². The molecule has 6 nitrogen and oxygen atoms in total. The van der Waals surface area contributed by atoms with E-state index in [-0.39, 0.29) is 4.90 Å². The van der Waals surface area contributed by atoms with Crippen LogP contribution in [0.4, 0.5) is 5.69 Å². The van der Waals surface area contributed by atoms with Crippen LogP contribution in [0.1, 0.15) is 19.3 Å². The number of aromatic nitrogens is 1. The summed E-state index contributed by atoms with van der Waals surface area (Å²) in [7, 11) is -3.53. The molecular formula is C10H15BrN4O2S. The van der Waals surface area contributed by atoms with Crippen molar-refractivity contribution in [1.82, 2.24) is 9.29 Å². The van der Waals surface area contributed by atoms with E-state index in [1.807, 2.05) is 0 Å². The molecule has 0 unspecified atom stereocenters. The molecule has 1 aromatic rings. The molecule has 0 saturated carbocycles. The number of hydrogen-bond acceptors (Lipinski definition) is 5. The molecule has 3 N–H and O–H groups in total. The quantitative estimate of drug-likeness (QED) is 0.642. The van der Waals surface area contributed by atoms with Crippen molar-refractivity contribution in [2.24, 2.45) is 5.84 Å². The van der Waals surface area contributed by atoms with Crippen molar-refractivity contribution < 1.29 is 8.42 Å². The van der Waals surface area contributed by atoms with Crippen LogP contribution >= 0.6 is 15.9 Å². The average molecular weight is 335 g/mol. The highest BCUT2D eigenvalue weighted by atomic mass is 79.9. The first-order valence-corrected chi connectivity index (χ1v) is 7.91. The first-order chi connectivity index (χ1) is 8.57. The maximum Gasteiger partial charge on any atom is 0.246 e. The summed E-state index contributed by atoms with van der Waals surface area (Å²) in [6, 6.07) is 0. The van der Waals surface area contributed by atoms with Gasteiger partial charge in [0.05, 0.1) is 10.2 Å². The number of anilines is 1. The zero-order valence-electron chi connectivity index (χ0n) is 9.76. The molecule has 2 heterocycles. The average Bonchev–Trinajstić information content (AvgIpc) is 2.39. The number of rotatable bonds is 3. The summed E-state index contributed by atoms with van der Waals surface area (Å²) in [6.45, 7) is 1.11.